The summed E-state index contributed by atoms with van der Waals surface area (Å²) < 4.78 is 12.1. The zero-order chi connectivity index (χ0) is 27.2. The van der Waals surface area contributed by atoms with Crippen LogP contribution in [0.3, 0.4) is 0 Å². The average molecular weight is 530 g/mol. The van der Waals surface area contributed by atoms with Gasteiger partial charge in [-0.15, -0.1) is 6.58 Å². The van der Waals surface area contributed by atoms with Crippen LogP contribution < -0.4 is 5.32 Å². The number of esters is 1. The molecule has 0 aromatic heterocycles. The number of alkyl carbamates (subject to hydrolysis) is 1. The summed E-state index contributed by atoms with van der Waals surface area (Å²) in [5.41, 5.74) is 4.68. The Morgan fingerprint density at radius 2 is 1.38 bits per heavy atom. The Kier molecular flexibility index (Phi) is 9.06. The van der Waals surface area contributed by atoms with Crippen molar-refractivity contribution in [1.82, 2.24) is 5.32 Å². The van der Waals surface area contributed by atoms with Gasteiger partial charge in [0.15, 0.2) is 0 Å². The van der Waals surface area contributed by atoms with Gasteiger partial charge in [-0.25, -0.2) is 9.59 Å². The molecule has 1 N–H and O–H groups in total. The van der Waals surface area contributed by atoms with E-state index in [9.17, 15) is 9.59 Å². The Hall–Kier alpha value is -3.08. The molecule has 0 bridgehead atoms. The summed E-state index contributed by atoms with van der Waals surface area (Å²) in [7, 11) is 0. The molecule has 5 nitrogen and oxygen atoms in total. The fourth-order valence-corrected chi connectivity index (χ4v) is 7.02. The van der Waals surface area contributed by atoms with Gasteiger partial charge in [-0.1, -0.05) is 100 Å². The lowest BCUT2D eigenvalue weighted by molar-refractivity contribution is -0.160. The van der Waals surface area contributed by atoms with Crippen LogP contribution in [0.25, 0.3) is 11.1 Å². The predicted molar refractivity (Wildman–Crippen MR) is 154 cm³/mol. The van der Waals surface area contributed by atoms with E-state index in [0.29, 0.717) is 11.8 Å². The molecule has 5 heteroatoms. The highest BCUT2D eigenvalue weighted by Gasteiger charge is 2.38. The van der Waals surface area contributed by atoms with Gasteiger partial charge in [0.25, 0.3) is 0 Å². The smallest absolute Gasteiger partial charge is 0.407 e. The fourth-order valence-electron chi connectivity index (χ4n) is 7.02. The van der Waals surface area contributed by atoms with Crippen molar-refractivity contribution in [3.63, 3.8) is 0 Å². The van der Waals surface area contributed by atoms with Crippen LogP contribution in [0.15, 0.2) is 61.2 Å². The van der Waals surface area contributed by atoms with Crippen molar-refractivity contribution in [3.05, 3.63) is 72.3 Å². The van der Waals surface area contributed by atoms with Gasteiger partial charge in [0.05, 0.1) is 0 Å². The lowest BCUT2D eigenvalue weighted by atomic mass is 9.75. The summed E-state index contributed by atoms with van der Waals surface area (Å²) in [4.78, 5) is 26.7. The zero-order valence-corrected chi connectivity index (χ0v) is 23.3. The molecule has 0 heterocycles. The standard InChI is InChI=1S/C34H43NO4/c1-3-23(2)31(33(36)39-32(24-14-6-4-7-15-24)25-16-8-5-9-17-25)35-34(37)38-22-30-28-20-12-10-18-26(28)27-19-11-13-21-29(27)30/h3,10-13,18-21,23-25,30-32H,1,4-9,14-17,22H2,2H3,(H,35,37). The van der Waals surface area contributed by atoms with Gasteiger partial charge in [-0.2, -0.15) is 0 Å². The van der Waals surface area contributed by atoms with Crippen molar-refractivity contribution in [2.45, 2.75) is 89.2 Å². The van der Waals surface area contributed by atoms with Gasteiger partial charge in [0.1, 0.15) is 18.8 Å². The molecule has 1 amide bonds. The molecule has 2 unspecified atom stereocenters. The summed E-state index contributed by atoms with van der Waals surface area (Å²) in [5.74, 6) is 0.153. The predicted octanol–water partition coefficient (Wildman–Crippen LogP) is 7.79. The van der Waals surface area contributed by atoms with Crippen LogP contribution in [0, 0.1) is 17.8 Å². The van der Waals surface area contributed by atoms with Gasteiger partial charge in [-0.05, 0) is 59.8 Å². The van der Waals surface area contributed by atoms with E-state index in [0.717, 1.165) is 36.8 Å². The summed E-state index contributed by atoms with van der Waals surface area (Å²) in [6.07, 6.45) is 12.9. The minimum absolute atomic E-state index is 0.0348. The van der Waals surface area contributed by atoms with Crippen LogP contribution in [0.4, 0.5) is 4.79 Å². The first-order chi connectivity index (χ1) is 19.1. The van der Waals surface area contributed by atoms with Crippen molar-refractivity contribution in [3.8, 4) is 11.1 Å². The van der Waals surface area contributed by atoms with Crippen molar-refractivity contribution in [1.29, 1.82) is 0 Å². The highest BCUT2D eigenvalue weighted by atomic mass is 16.6. The number of nitrogens with one attached hydrogen (secondary N) is 1. The quantitative estimate of drug-likeness (QED) is 0.266. The van der Waals surface area contributed by atoms with E-state index in [-0.39, 0.29) is 30.5 Å². The lowest BCUT2D eigenvalue weighted by Gasteiger charge is -2.38. The number of benzene rings is 2. The van der Waals surface area contributed by atoms with Gasteiger partial charge in [0.2, 0.25) is 0 Å². The number of hydrogen-bond donors (Lipinski definition) is 1. The Morgan fingerprint density at radius 3 is 1.90 bits per heavy atom. The Morgan fingerprint density at radius 1 is 0.872 bits per heavy atom. The van der Waals surface area contributed by atoms with Crippen LogP contribution >= 0.6 is 0 Å². The molecule has 2 atom stereocenters. The highest BCUT2D eigenvalue weighted by molar-refractivity contribution is 5.82. The second-order valence-corrected chi connectivity index (χ2v) is 11.7. The first-order valence-corrected chi connectivity index (χ1v) is 15.0. The van der Waals surface area contributed by atoms with Gasteiger partial charge in [-0.3, -0.25) is 0 Å². The molecule has 3 aliphatic rings. The topological polar surface area (TPSA) is 64.6 Å². The molecule has 3 aliphatic carbocycles. The third kappa shape index (κ3) is 6.23. The van der Waals surface area contributed by atoms with Crippen LogP contribution in [0.2, 0.25) is 0 Å². The third-order valence-electron chi connectivity index (χ3n) is 9.25. The van der Waals surface area contributed by atoms with Crippen molar-refractivity contribution >= 4 is 12.1 Å². The molecule has 0 aliphatic heterocycles. The maximum absolute atomic E-state index is 13.6. The normalized spacial score (nSPS) is 19.5. The molecule has 5 rings (SSSR count). The summed E-state index contributed by atoms with van der Waals surface area (Å²) in [5, 5.41) is 2.84. The van der Waals surface area contributed by atoms with Gasteiger partial charge < -0.3 is 14.8 Å². The van der Waals surface area contributed by atoms with E-state index in [4.69, 9.17) is 9.47 Å². The number of carbonyl (C=O) groups excluding carboxylic acids is 2. The molecule has 2 fully saturated rings. The molecule has 0 spiro atoms. The maximum atomic E-state index is 13.6. The minimum atomic E-state index is -0.826. The second-order valence-electron chi connectivity index (χ2n) is 11.7. The Labute approximate surface area is 233 Å². The van der Waals surface area contributed by atoms with Crippen molar-refractivity contribution in [2.24, 2.45) is 17.8 Å². The average Bonchev–Trinajstić information content (AvgIpc) is 3.31. The Bertz CT molecular complexity index is 1080. The SMILES string of the molecule is C=CC(C)C(NC(=O)OCC1c2ccccc2-c2ccccc21)C(=O)OC(C1CCCCC1)C1CCCCC1. The van der Waals surface area contributed by atoms with E-state index >= 15 is 0 Å². The maximum Gasteiger partial charge on any atom is 0.407 e. The monoisotopic (exact) mass is 529 g/mol. The largest absolute Gasteiger partial charge is 0.460 e. The molecule has 0 radical (unpaired) electrons. The number of amides is 1. The van der Waals surface area contributed by atoms with E-state index in [1.54, 1.807) is 6.08 Å². The molecule has 2 saturated carbocycles. The minimum Gasteiger partial charge on any atom is -0.460 e. The second kappa shape index (κ2) is 12.8. The first-order valence-electron chi connectivity index (χ1n) is 15.0. The van der Waals surface area contributed by atoms with E-state index in [1.807, 2.05) is 31.2 Å². The van der Waals surface area contributed by atoms with Gasteiger partial charge >= 0.3 is 12.1 Å². The number of ether oxygens (including phenoxy) is 2. The zero-order valence-electron chi connectivity index (χ0n) is 23.3. The van der Waals surface area contributed by atoms with Crippen LogP contribution in [0.1, 0.15) is 88.2 Å². The van der Waals surface area contributed by atoms with E-state index < -0.39 is 12.1 Å². The number of carbonyl (C=O) groups is 2. The molecule has 2 aromatic carbocycles. The molecule has 39 heavy (non-hydrogen) atoms. The number of hydrogen-bond acceptors (Lipinski definition) is 4. The van der Waals surface area contributed by atoms with Gasteiger partial charge in [0, 0.05) is 11.8 Å². The van der Waals surface area contributed by atoms with Crippen LogP contribution in [-0.2, 0) is 14.3 Å². The summed E-state index contributed by atoms with van der Waals surface area (Å²) >= 11 is 0. The summed E-state index contributed by atoms with van der Waals surface area (Å²) in [6, 6.07) is 15.7. The van der Waals surface area contributed by atoms with Crippen molar-refractivity contribution in [2.75, 3.05) is 6.61 Å². The first kappa shape index (κ1) is 27.5. The lowest BCUT2D eigenvalue weighted by Crippen LogP contribution is -2.48. The molecule has 0 saturated heterocycles. The Balaban J connectivity index is 1.25. The molecule has 2 aromatic rings. The van der Waals surface area contributed by atoms with E-state index in [2.05, 4.69) is 36.2 Å². The summed E-state index contributed by atoms with van der Waals surface area (Å²) in [6.45, 7) is 5.98. The van der Waals surface area contributed by atoms with Crippen LogP contribution in [-0.4, -0.2) is 30.8 Å². The van der Waals surface area contributed by atoms with E-state index in [1.165, 1.54) is 49.7 Å². The number of rotatable bonds is 9. The fraction of sp³-hybridized carbons (Fsp3) is 0.529. The van der Waals surface area contributed by atoms with Crippen LogP contribution in [0.5, 0.6) is 0 Å². The number of fused-ring (bicyclic) bond motifs is 3. The molecular formula is C34H43NO4. The molecule has 208 valence electrons. The highest BCUT2D eigenvalue weighted by Crippen LogP contribution is 2.44. The third-order valence-corrected chi connectivity index (χ3v) is 9.25. The van der Waals surface area contributed by atoms with Crippen molar-refractivity contribution < 1.29 is 19.1 Å². The molecular weight excluding hydrogens is 486 g/mol.